The summed E-state index contributed by atoms with van der Waals surface area (Å²) in [5, 5.41) is 3.62. The predicted molar refractivity (Wildman–Crippen MR) is 87.2 cm³/mol. The van der Waals surface area contributed by atoms with Crippen molar-refractivity contribution in [2.45, 2.75) is 33.3 Å². The number of nitrogens with zero attached hydrogens (tertiary/aromatic N) is 1. The first-order valence-electron chi connectivity index (χ1n) is 7.17. The quantitative estimate of drug-likeness (QED) is 0.787. The van der Waals surface area contributed by atoms with Gasteiger partial charge in [0, 0.05) is 11.6 Å². The highest BCUT2D eigenvalue weighted by Gasteiger charge is 2.15. The number of benzene rings is 1. The first-order valence-corrected chi connectivity index (χ1v) is 7.55. The van der Waals surface area contributed by atoms with Crippen molar-refractivity contribution >= 4 is 17.5 Å². The normalized spacial score (nSPS) is 12.3. The molecule has 0 heterocycles. The highest BCUT2D eigenvalue weighted by atomic mass is 35.5. The van der Waals surface area contributed by atoms with E-state index in [2.05, 4.69) is 10.2 Å². The standard InChI is InChI=1S/C16H25ClN2O2/c1-11-9-14(10-12(2)15(11)17)21-13(3)16(20)18-7-6-8-19(4)5/h9-10,13H,6-8H2,1-5H3,(H,18,20)/t13-/m1/s1. The lowest BCUT2D eigenvalue weighted by atomic mass is 10.1. The molecule has 0 radical (unpaired) electrons. The monoisotopic (exact) mass is 312 g/mol. The largest absolute Gasteiger partial charge is 0.481 e. The molecule has 21 heavy (non-hydrogen) atoms. The number of ether oxygens (including phenoxy) is 1. The summed E-state index contributed by atoms with van der Waals surface area (Å²) < 4.78 is 5.69. The van der Waals surface area contributed by atoms with Gasteiger partial charge in [-0.1, -0.05) is 11.6 Å². The average molecular weight is 313 g/mol. The van der Waals surface area contributed by atoms with Gasteiger partial charge in [0.25, 0.3) is 5.91 Å². The molecular weight excluding hydrogens is 288 g/mol. The van der Waals surface area contributed by atoms with Crippen molar-refractivity contribution in [1.29, 1.82) is 0 Å². The Balaban J connectivity index is 2.49. The molecule has 118 valence electrons. The second-order valence-electron chi connectivity index (χ2n) is 5.58. The molecule has 4 nitrogen and oxygen atoms in total. The zero-order chi connectivity index (χ0) is 16.0. The lowest BCUT2D eigenvalue weighted by Gasteiger charge is -2.16. The van der Waals surface area contributed by atoms with Gasteiger partial charge in [0.2, 0.25) is 0 Å². The van der Waals surface area contributed by atoms with Crippen LogP contribution in [0.4, 0.5) is 0 Å². The van der Waals surface area contributed by atoms with E-state index in [4.69, 9.17) is 16.3 Å². The number of aryl methyl sites for hydroxylation is 2. The zero-order valence-corrected chi connectivity index (χ0v) is 14.3. The number of rotatable bonds is 7. The molecule has 5 heteroatoms. The Morgan fingerprint density at radius 2 is 1.90 bits per heavy atom. The molecule has 1 aromatic rings. The second kappa shape index (κ2) is 8.25. The molecule has 1 rings (SSSR count). The van der Waals surface area contributed by atoms with Crippen molar-refractivity contribution in [3.8, 4) is 5.75 Å². The van der Waals surface area contributed by atoms with Crippen molar-refractivity contribution in [1.82, 2.24) is 10.2 Å². The van der Waals surface area contributed by atoms with E-state index in [1.807, 2.05) is 40.1 Å². The molecule has 0 aromatic heterocycles. The van der Waals surface area contributed by atoms with E-state index < -0.39 is 6.10 Å². The Labute approximate surface area is 132 Å². The number of nitrogens with one attached hydrogen (secondary N) is 1. The molecule has 0 spiro atoms. The Bertz CT molecular complexity index is 466. The Hall–Kier alpha value is -1.26. The fraction of sp³-hybridized carbons (Fsp3) is 0.562. The number of hydrogen-bond donors (Lipinski definition) is 1. The zero-order valence-electron chi connectivity index (χ0n) is 13.5. The van der Waals surface area contributed by atoms with Crippen LogP contribution < -0.4 is 10.1 Å². The molecule has 0 aliphatic carbocycles. The van der Waals surface area contributed by atoms with Crippen molar-refractivity contribution in [2.24, 2.45) is 0 Å². The van der Waals surface area contributed by atoms with Gasteiger partial charge >= 0.3 is 0 Å². The molecule has 1 amide bonds. The topological polar surface area (TPSA) is 41.6 Å². The smallest absolute Gasteiger partial charge is 0.260 e. The molecule has 0 unspecified atom stereocenters. The Morgan fingerprint density at radius 3 is 2.43 bits per heavy atom. The third kappa shape index (κ3) is 5.94. The van der Waals surface area contributed by atoms with Crippen LogP contribution >= 0.6 is 11.6 Å². The van der Waals surface area contributed by atoms with Gasteiger partial charge in [0.05, 0.1) is 0 Å². The van der Waals surface area contributed by atoms with Crippen LogP contribution in [-0.2, 0) is 4.79 Å². The summed E-state index contributed by atoms with van der Waals surface area (Å²) in [6.07, 6.45) is 0.397. The van der Waals surface area contributed by atoms with Crippen LogP contribution in [0.2, 0.25) is 5.02 Å². The van der Waals surface area contributed by atoms with Crippen molar-refractivity contribution < 1.29 is 9.53 Å². The molecule has 0 bridgehead atoms. The molecule has 1 N–H and O–H groups in total. The van der Waals surface area contributed by atoms with Crippen molar-refractivity contribution in [2.75, 3.05) is 27.2 Å². The molecule has 0 aliphatic rings. The summed E-state index contributed by atoms with van der Waals surface area (Å²) >= 11 is 6.12. The molecule has 0 saturated heterocycles. The van der Waals surface area contributed by atoms with Gasteiger partial charge in [0.15, 0.2) is 6.10 Å². The molecule has 1 aromatic carbocycles. The van der Waals surface area contributed by atoms with E-state index in [9.17, 15) is 4.79 Å². The number of carbonyl (C=O) groups is 1. The Kier molecular flexibility index (Phi) is 6.99. The van der Waals surface area contributed by atoms with Gasteiger partial charge in [-0.15, -0.1) is 0 Å². The fourth-order valence-electron chi connectivity index (χ4n) is 1.98. The van der Waals surface area contributed by atoms with E-state index in [1.165, 1.54) is 0 Å². The first kappa shape index (κ1) is 17.8. The second-order valence-corrected chi connectivity index (χ2v) is 5.96. The Morgan fingerprint density at radius 1 is 1.33 bits per heavy atom. The highest BCUT2D eigenvalue weighted by molar-refractivity contribution is 6.32. The molecule has 0 aliphatic heterocycles. The number of halogens is 1. The minimum Gasteiger partial charge on any atom is -0.481 e. The summed E-state index contributed by atoms with van der Waals surface area (Å²) in [6.45, 7) is 7.21. The summed E-state index contributed by atoms with van der Waals surface area (Å²) in [5.41, 5.74) is 1.90. The predicted octanol–water partition coefficient (Wildman–Crippen LogP) is 2.79. The molecule has 1 atom stereocenters. The van der Waals surface area contributed by atoms with Gasteiger partial charge in [0.1, 0.15) is 5.75 Å². The third-order valence-electron chi connectivity index (χ3n) is 3.17. The van der Waals surface area contributed by atoms with E-state index >= 15 is 0 Å². The maximum absolute atomic E-state index is 12.0. The van der Waals surface area contributed by atoms with Gasteiger partial charge in [-0.25, -0.2) is 0 Å². The number of hydrogen-bond acceptors (Lipinski definition) is 3. The number of amides is 1. The number of carbonyl (C=O) groups excluding carboxylic acids is 1. The van der Waals surface area contributed by atoms with E-state index in [-0.39, 0.29) is 5.91 Å². The van der Waals surface area contributed by atoms with Crippen LogP contribution in [0.3, 0.4) is 0 Å². The van der Waals surface area contributed by atoms with Gasteiger partial charge in [-0.2, -0.15) is 0 Å². The lowest BCUT2D eigenvalue weighted by Crippen LogP contribution is -2.37. The summed E-state index contributed by atoms with van der Waals surface area (Å²) in [5.74, 6) is 0.573. The highest BCUT2D eigenvalue weighted by Crippen LogP contribution is 2.26. The third-order valence-corrected chi connectivity index (χ3v) is 3.77. The lowest BCUT2D eigenvalue weighted by molar-refractivity contribution is -0.127. The minimum absolute atomic E-state index is 0.0981. The van der Waals surface area contributed by atoms with Crippen LogP contribution in [0.5, 0.6) is 5.75 Å². The van der Waals surface area contributed by atoms with E-state index in [0.29, 0.717) is 12.3 Å². The van der Waals surface area contributed by atoms with E-state index in [1.54, 1.807) is 6.92 Å². The molecule has 0 saturated carbocycles. The van der Waals surface area contributed by atoms with E-state index in [0.717, 1.165) is 29.1 Å². The van der Waals surface area contributed by atoms with Crippen LogP contribution in [-0.4, -0.2) is 44.1 Å². The fourth-order valence-corrected chi connectivity index (χ4v) is 2.09. The van der Waals surface area contributed by atoms with Crippen molar-refractivity contribution in [3.05, 3.63) is 28.3 Å². The van der Waals surface area contributed by atoms with Gasteiger partial charge < -0.3 is 15.0 Å². The van der Waals surface area contributed by atoms with Crippen molar-refractivity contribution in [3.63, 3.8) is 0 Å². The average Bonchev–Trinajstić information content (AvgIpc) is 2.40. The summed E-state index contributed by atoms with van der Waals surface area (Å²) in [4.78, 5) is 14.0. The molecule has 0 fully saturated rings. The minimum atomic E-state index is -0.524. The van der Waals surface area contributed by atoms with Gasteiger partial charge in [-0.3, -0.25) is 4.79 Å². The van der Waals surface area contributed by atoms with Gasteiger partial charge in [-0.05, 0) is 71.1 Å². The van der Waals surface area contributed by atoms with Crippen LogP contribution in [0.15, 0.2) is 12.1 Å². The van der Waals surface area contributed by atoms with Crippen LogP contribution in [0.25, 0.3) is 0 Å². The first-order chi connectivity index (χ1) is 9.81. The SMILES string of the molecule is Cc1cc(O[C@H](C)C(=O)NCCCN(C)C)cc(C)c1Cl. The maximum atomic E-state index is 12.0. The molecular formula is C16H25ClN2O2. The summed E-state index contributed by atoms with van der Waals surface area (Å²) in [6, 6.07) is 3.70. The van der Waals surface area contributed by atoms with Crippen LogP contribution in [0.1, 0.15) is 24.5 Å². The maximum Gasteiger partial charge on any atom is 0.260 e. The summed E-state index contributed by atoms with van der Waals surface area (Å²) in [7, 11) is 4.03. The van der Waals surface area contributed by atoms with Crippen LogP contribution in [0, 0.1) is 13.8 Å².